The zero-order valence-corrected chi connectivity index (χ0v) is 19.4. The highest BCUT2D eigenvalue weighted by atomic mass is 16.1. The van der Waals surface area contributed by atoms with Crippen LogP contribution in [-0.2, 0) is 0 Å². The summed E-state index contributed by atoms with van der Waals surface area (Å²) in [6, 6.07) is 7.30. The topological polar surface area (TPSA) is 46.9 Å². The maximum atomic E-state index is 12.7. The molecule has 4 nitrogen and oxygen atoms in total. The predicted octanol–water partition coefficient (Wildman–Crippen LogP) is 6.11. The summed E-state index contributed by atoms with van der Waals surface area (Å²) in [5.41, 5.74) is 3.90. The van der Waals surface area contributed by atoms with Crippen molar-refractivity contribution in [2.75, 3.05) is 6.54 Å². The van der Waals surface area contributed by atoms with Crippen LogP contribution in [0, 0.1) is 11.8 Å². The summed E-state index contributed by atoms with van der Waals surface area (Å²) in [5.74, 6) is 6.17. The van der Waals surface area contributed by atoms with E-state index in [0.717, 1.165) is 29.7 Å². The van der Waals surface area contributed by atoms with Gasteiger partial charge in [0.2, 0.25) is 0 Å². The Kier molecular flexibility index (Phi) is 10.7. The molecular weight excluding hydrogens is 406 g/mol. The van der Waals surface area contributed by atoms with Gasteiger partial charge in [0.05, 0.1) is 11.3 Å². The second kappa shape index (κ2) is 14.1. The first kappa shape index (κ1) is 25.2. The summed E-state index contributed by atoms with van der Waals surface area (Å²) >= 11 is 0. The quantitative estimate of drug-likeness (QED) is 0.277. The van der Waals surface area contributed by atoms with Gasteiger partial charge in [-0.3, -0.25) is 4.79 Å². The molecule has 2 aromatic rings. The first-order valence-corrected chi connectivity index (χ1v) is 11.0. The van der Waals surface area contributed by atoms with Gasteiger partial charge in [-0.05, 0) is 57.0 Å². The lowest BCUT2D eigenvalue weighted by Gasteiger charge is -2.09. The van der Waals surface area contributed by atoms with E-state index in [0.29, 0.717) is 17.7 Å². The molecule has 2 rings (SSSR count). The third-order valence-corrected chi connectivity index (χ3v) is 4.64. The standard InChI is InChI=1S/C29H31N3O/c1-5-8-10-13-24(4)14-11-20-30-29(33)27-18-19-28(32-22-12-21-31-32)26(23-27)17-16-25(7-3)15-9-6-2/h5-10,12-13,15,18-19,21-23H,3-4,11,14,20H2,1-2H3,(H,30,33)/b8-5-,9-6-,13-10-,25-15+. The van der Waals surface area contributed by atoms with Crippen molar-refractivity contribution in [2.45, 2.75) is 26.7 Å². The van der Waals surface area contributed by atoms with Crippen LogP contribution in [0.3, 0.4) is 0 Å². The number of nitrogens with one attached hydrogen (secondary N) is 1. The Morgan fingerprint density at radius 3 is 2.73 bits per heavy atom. The lowest BCUT2D eigenvalue weighted by molar-refractivity contribution is 0.0953. The van der Waals surface area contributed by atoms with Crippen LogP contribution in [0.5, 0.6) is 0 Å². The summed E-state index contributed by atoms with van der Waals surface area (Å²) in [7, 11) is 0. The van der Waals surface area contributed by atoms with Gasteiger partial charge >= 0.3 is 0 Å². The van der Waals surface area contributed by atoms with E-state index in [2.05, 4.69) is 35.4 Å². The minimum Gasteiger partial charge on any atom is -0.352 e. The number of rotatable bonds is 10. The monoisotopic (exact) mass is 437 g/mol. The van der Waals surface area contributed by atoms with Gasteiger partial charge in [-0.1, -0.05) is 73.1 Å². The van der Waals surface area contributed by atoms with Crippen molar-refractivity contribution in [1.82, 2.24) is 15.1 Å². The van der Waals surface area contributed by atoms with Gasteiger partial charge in [0, 0.05) is 30.1 Å². The lowest BCUT2D eigenvalue weighted by atomic mass is 10.1. The molecule has 1 amide bonds. The fraction of sp³-hybridized carbons (Fsp3) is 0.172. The number of aromatic nitrogens is 2. The van der Waals surface area contributed by atoms with E-state index in [1.807, 2.05) is 74.7 Å². The summed E-state index contributed by atoms with van der Waals surface area (Å²) in [5, 5.41) is 7.29. The molecule has 1 N–H and O–H groups in total. The van der Waals surface area contributed by atoms with Gasteiger partial charge in [0.1, 0.15) is 0 Å². The van der Waals surface area contributed by atoms with Crippen LogP contribution >= 0.6 is 0 Å². The second-order valence-electron chi connectivity index (χ2n) is 7.19. The van der Waals surface area contributed by atoms with Gasteiger partial charge in [0.25, 0.3) is 5.91 Å². The fourth-order valence-electron chi connectivity index (χ4n) is 2.89. The molecule has 0 aliphatic heterocycles. The zero-order valence-electron chi connectivity index (χ0n) is 19.4. The first-order chi connectivity index (χ1) is 16.1. The molecule has 4 heteroatoms. The Bertz CT molecular complexity index is 1130. The molecular formula is C29H31N3O. The van der Waals surface area contributed by atoms with Crippen molar-refractivity contribution in [3.63, 3.8) is 0 Å². The molecule has 0 saturated carbocycles. The third kappa shape index (κ3) is 8.51. The average Bonchev–Trinajstić information content (AvgIpc) is 3.36. The minimum atomic E-state index is -0.131. The summed E-state index contributed by atoms with van der Waals surface area (Å²) in [4.78, 5) is 12.7. The Morgan fingerprint density at radius 1 is 1.21 bits per heavy atom. The SMILES string of the molecule is C=C/C(C#Cc1cc(C(=O)NCCCC(=C)/C=C\C=C/C)ccc1-n1cccn1)=C\C=C/C. The predicted molar refractivity (Wildman–Crippen MR) is 138 cm³/mol. The number of carbonyl (C=O) groups is 1. The average molecular weight is 438 g/mol. The Hall–Kier alpha value is -4.10. The van der Waals surface area contributed by atoms with E-state index in [-0.39, 0.29) is 5.91 Å². The highest BCUT2D eigenvalue weighted by Gasteiger charge is 2.10. The fourth-order valence-corrected chi connectivity index (χ4v) is 2.89. The lowest BCUT2D eigenvalue weighted by Crippen LogP contribution is -2.24. The zero-order chi connectivity index (χ0) is 23.9. The van der Waals surface area contributed by atoms with Gasteiger partial charge in [-0.15, -0.1) is 0 Å². The number of amides is 1. The summed E-state index contributed by atoms with van der Waals surface area (Å²) in [6.07, 6.45) is 20.5. The highest BCUT2D eigenvalue weighted by Crippen LogP contribution is 2.16. The van der Waals surface area contributed by atoms with Gasteiger partial charge in [0.15, 0.2) is 0 Å². The van der Waals surface area contributed by atoms with Gasteiger partial charge < -0.3 is 5.32 Å². The van der Waals surface area contributed by atoms with Crippen LogP contribution in [0.25, 0.3) is 5.69 Å². The van der Waals surface area contributed by atoms with E-state index in [1.165, 1.54) is 0 Å². The van der Waals surface area contributed by atoms with E-state index in [4.69, 9.17) is 0 Å². The molecule has 0 atom stereocenters. The van der Waals surface area contributed by atoms with Crippen molar-refractivity contribution in [3.05, 3.63) is 121 Å². The Morgan fingerprint density at radius 2 is 2.03 bits per heavy atom. The molecule has 0 spiro atoms. The number of nitrogens with zero attached hydrogens (tertiary/aromatic N) is 2. The molecule has 1 aromatic heterocycles. The molecule has 0 fully saturated rings. The molecule has 1 aromatic carbocycles. The van der Waals surface area contributed by atoms with Crippen molar-refractivity contribution >= 4 is 5.91 Å². The van der Waals surface area contributed by atoms with Crippen molar-refractivity contribution in [3.8, 4) is 17.5 Å². The Balaban J connectivity index is 2.15. The van der Waals surface area contributed by atoms with Gasteiger partial charge in [-0.25, -0.2) is 4.68 Å². The number of hydrogen-bond donors (Lipinski definition) is 1. The van der Waals surface area contributed by atoms with E-state index < -0.39 is 0 Å². The van der Waals surface area contributed by atoms with E-state index in [9.17, 15) is 4.79 Å². The molecule has 33 heavy (non-hydrogen) atoms. The minimum absolute atomic E-state index is 0.131. The van der Waals surface area contributed by atoms with Crippen LogP contribution in [0.15, 0.2) is 110 Å². The van der Waals surface area contributed by atoms with Crippen LogP contribution in [-0.4, -0.2) is 22.2 Å². The number of hydrogen-bond acceptors (Lipinski definition) is 2. The molecule has 0 radical (unpaired) electrons. The molecule has 0 aliphatic rings. The largest absolute Gasteiger partial charge is 0.352 e. The molecule has 0 aliphatic carbocycles. The Labute approximate surface area is 197 Å². The maximum absolute atomic E-state index is 12.7. The molecule has 1 heterocycles. The van der Waals surface area contributed by atoms with Gasteiger partial charge in [-0.2, -0.15) is 5.10 Å². The summed E-state index contributed by atoms with van der Waals surface area (Å²) < 4.78 is 1.74. The number of carbonyl (C=O) groups excluding carboxylic acids is 1. The van der Waals surface area contributed by atoms with E-state index in [1.54, 1.807) is 29.1 Å². The normalized spacial score (nSPS) is 11.6. The van der Waals surface area contributed by atoms with Crippen molar-refractivity contribution < 1.29 is 4.79 Å². The molecule has 0 bridgehead atoms. The van der Waals surface area contributed by atoms with Crippen LogP contribution < -0.4 is 5.32 Å². The highest BCUT2D eigenvalue weighted by molar-refractivity contribution is 5.95. The van der Waals surface area contributed by atoms with Crippen LogP contribution in [0.2, 0.25) is 0 Å². The van der Waals surface area contributed by atoms with Crippen LogP contribution in [0.4, 0.5) is 0 Å². The van der Waals surface area contributed by atoms with Crippen molar-refractivity contribution in [1.29, 1.82) is 0 Å². The maximum Gasteiger partial charge on any atom is 0.251 e. The van der Waals surface area contributed by atoms with E-state index >= 15 is 0 Å². The number of benzene rings is 1. The molecule has 0 saturated heterocycles. The second-order valence-corrected chi connectivity index (χ2v) is 7.19. The van der Waals surface area contributed by atoms with Crippen LogP contribution in [0.1, 0.15) is 42.6 Å². The smallest absolute Gasteiger partial charge is 0.251 e. The van der Waals surface area contributed by atoms with Crippen molar-refractivity contribution in [2.24, 2.45) is 0 Å². The number of allylic oxidation sites excluding steroid dienone is 10. The summed E-state index contributed by atoms with van der Waals surface area (Å²) in [6.45, 7) is 12.3. The third-order valence-electron chi connectivity index (χ3n) is 4.64. The molecule has 168 valence electrons. The molecule has 0 unspecified atom stereocenters. The first-order valence-electron chi connectivity index (χ1n) is 11.0.